The van der Waals surface area contributed by atoms with Crippen LogP contribution in [-0.2, 0) is 11.3 Å². The van der Waals surface area contributed by atoms with Crippen molar-refractivity contribution in [1.29, 1.82) is 0 Å². The van der Waals surface area contributed by atoms with Crippen LogP contribution in [-0.4, -0.2) is 22.1 Å². The van der Waals surface area contributed by atoms with Crippen LogP contribution >= 0.6 is 11.3 Å². The lowest BCUT2D eigenvalue weighted by atomic mass is 10.3. The Morgan fingerprint density at radius 2 is 2.31 bits per heavy atom. The molecule has 4 nitrogen and oxygen atoms in total. The van der Waals surface area contributed by atoms with Crippen LogP contribution in [0.3, 0.4) is 0 Å². The molecule has 0 amide bonds. The van der Waals surface area contributed by atoms with Crippen molar-refractivity contribution >= 4 is 27.5 Å². The summed E-state index contributed by atoms with van der Waals surface area (Å²) in [6, 6.07) is 7.33. The van der Waals surface area contributed by atoms with Gasteiger partial charge in [-0.3, -0.25) is 10.1 Å². The molecule has 0 fully saturated rings. The SMILES string of the molecule is CC(NCc1nc2ccccc2s1)C(=O)O. The quantitative estimate of drug-likeness (QED) is 0.850. The molecule has 1 heterocycles. The summed E-state index contributed by atoms with van der Waals surface area (Å²) in [6.07, 6.45) is 0. The Hall–Kier alpha value is -1.46. The minimum atomic E-state index is -0.846. The Kier molecular flexibility index (Phi) is 3.17. The number of benzene rings is 1. The first-order chi connectivity index (χ1) is 7.66. The van der Waals surface area contributed by atoms with Gasteiger partial charge in [0.25, 0.3) is 0 Å². The number of para-hydroxylation sites is 1. The van der Waals surface area contributed by atoms with Gasteiger partial charge in [0.1, 0.15) is 11.0 Å². The molecule has 2 aromatic rings. The van der Waals surface area contributed by atoms with Crippen LogP contribution in [0.15, 0.2) is 24.3 Å². The van der Waals surface area contributed by atoms with Crippen LogP contribution < -0.4 is 5.32 Å². The van der Waals surface area contributed by atoms with Gasteiger partial charge in [-0.1, -0.05) is 12.1 Å². The van der Waals surface area contributed by atoms with E-state index in [0.29, 0.717) is 6.54 Å². The lowest BCUT2D eigenvalue weighted by Crippen LogP contribution is -2.33. The van der Waals surface area contributed by atoms with E-state index in [4.69, 9.17) is 5.11 Å². The Balaban J connectivity index is 2.07. The van der Waals surface area contributed by atoms with Gasteiger partial charge < -0.3 is 5.11 Å². The zero-order valence-electron chi connectivity index (χ0n) is 8.80. The highest BCUT2D eigenvalue weighted by Crippen LogP contribution is 2.21. The summed E-state index contributed by atoms with van der Waals surface area (Å²) in [5.74, 6) is -0.846. The number of hydrogen-bond donors (Lipinski definition) is 2. The van der Waals surface area contributed by atoms with Crippen molar-refractivity contribution < 1.29 is 9.90 Å². The molecule has 16 heavy (non-hydrogen) atoms. The Labute approximate surface area is 96.9 Å². The number of carbonyl (C=O) groups is 1. The highest BCUT2D eigenvalue weighted by molar-refractivity contribution is 7.18. The van der Waals surface area contributed by atoms with Gasteiger partial charge in [0.2, 0.25) is 0 Å². The van der Waals surface area contributed by atoms with E-state index in [1.54, 1.807) is 18.3 Å². The molecule has 0 saturated carbocycles. The monoisotopic (exact) mass is 236 g/mol. The van der Waals surface area contributed by atoms with E-state index in [-0.39, 0.29) is 0 Å². The maximum absolute atomic E-state index is 10.6. The van der Waals surface area contributed by atoms with Crippen molar-refractivity contribution in [2.75, 3.05) is 0 Å². The summed E-state index contributed by atoms with van der Waals surface area (Å²) in [7, 11) is 0. The zero-order valence-corrected chi connectivity index (χ0v) is 9.62. The normalized spacial score (nSPS) is 12.8. The molecular formula is C11H12N2O2S. The van der Waals surface area contributed by atoms with Crippen molar-refractivity contribution in [3.63, 3.8) is 0 Å². The zero-order chi connectivity index (χ0) is 11.5. The van der Waals surface area contributed by atoms with Gasteiger partial charge in [-0.15, -0.1) is 11.3 Å². The van der Waals surface area contributed by atoms with E-state index >= 15 is 0 Å². The average molecular weight is 236 g/mol. The smallest absolute Gasteiger partial charge is 0.320 e. The van der Waals surface area contributed by atoms with E-state index in [1.807, 2.05) is 24.3 Å². The van der Waals surface area contributed by atoms with Crippen LogP contribution in [0.5, 0.6) is 0 Å². The number of carboxylic acid groups (broad SMARTS) is 1. The molecule has 1 unspecified atom stereocenters. The first-order valence-electron chi connectivity index (χ1n) is 4.97. The molecule has 0 radical (unpaired) electrons. The van der Waals surface area contributed by atoms with Crippen molar-refractivity contribution in [1.82, 2.24) is 10.3 Å². The molecule has 0 aliphatic rings. The third kappa shape index (κ3) is 2.37. The second kappa shape index (κ2) is 4.59. The topological polar surface area (TPSA) is 62.2 Å². The maximum atomic E-state index is 10.6. The summed E-state index contributed by atoms with van der Waals surface area (Å²) in [4.78, 5) is 15.0. The van der Waals surface area contributed by atoms with Crippen LogP contribution in [0.25, 0.3) is 10.2 Å². The molecule has 0 saturated heterocycles. The minimum absolute atomic E-state index is 0.493. The fraction of sp³-hybridized carbons (Fsp3) is 0.273. The molecule has 2 rings (SSSR count). The van der Waals surface area contributed by atoms with Gasteiger partial charge >= 0.3 is 5.97 Å². The van der Waals surface area contributed by atoms with Crippen molar-refractivity contribution in [3.8, 4) is 0 Å². The molecule has 0 aliphatic carbocycles. The number of thiazole rings is 1. The molecular weight excluding hydrogens is 224 g/mol. The molecule has 0 aliphatic heterocycles. The second-order valence-electron chi connectivity index (χ2n) is 3.52. The Bertz CT molecular complexity index is 476. The van der Waals surface area contributed by atoms with Gasteiger partial charge in [-0.05, 0) is 19.1 Å². The van der Waals surface area contributed by atoms with Gasteiger partial charge in [0, 0.05) is 6.54 Å². The third-order valence-corrected chi connectivity index (χ3v) is 3.30. The fourth-order valence-electron chi connectivity index (χ4n) is 1.32. The molecule has 1 aromatic carbocycles. The number of rotatable bonds is 4. The number of nitrogens with one attached hydrogen (secondary N) is 1. The summed E-state index contributed by atoms with van der Waals surface area (Å²) in [5.41, 5.74) is 0.965. The van der Waals surface area contributed by atoms with Gasteiger partial charge in [-0.2, -0.15) is 0 Å². The second-order valence-corrected chi connectivity index (χ2v) is 4.63. The van der Waals surface area contributed by atoms with Crippen LogP contribution in [0.2, 0.25) is 0 Å². The van der Waals surface area contributed by atoms with Crippen LogP contribution in [0.4, 0.5) is 0 Å². The minimum Gasteiger partial charge on any atom is -0.480 e. The summed E-state index contributed by atoms with van der Waals surface area (Å²) in [6.45, 7) is 2.11. The summed E-state index contributed by atoms with van der Waals surface area (Å²) in [5, 5.41) is 12.5. The van der Waals surface area contributed by atoms with E-state index < -0.39 is 12.0 Å². The molecule has 0 spiro atoms. The first-order valence-corrected chi connectivity index (χ1v) is 5.79. The Morgan fingerprint density at radius 3 is 3.00 bits per heavy atom. The number of aromatic nitrogens is 1. The van der Waals surface area contributed by atoms with Crippen LogP contribution in [0.1, 0.15) is 11.9 Å². The van der Waals surface area contributed by atoms with Gasteiger partial charge in [0.15, 0.2) is 0 Å². The number of fused-ring (bicyclic) bond motifs is 1. The number of hydrogen-bond acceptors (Lipinski definition) is 4. The van der Waals surface area contributed by atoms with E-state index in [1.165, 1.54) is 0 Å². The molecule has 1 atom stereocenters. The van der Waals surface area contributed by atoms with E-state index in [9.17, 15) is 4.79 Å². The van der Waals surface area contributed by atoms with Crippen LogP contribution in [0, 0.1) is 0 Å². The van der Waals surface area contributed by atoms with E-state index in [2.05, 4.69) is 10.3 Å². The lowest BCUT2D eigenvalue weighted by Gasteiger charge is -2.05. The molecule has 2 N–H and O–H groups in total. The van der Waals surface area contributed by atoms with Gasteiger partial charge in [0.05, 0.1) is 10.2 Å². The predicted octanol–water partition coefficient (Wildman–Crippen LogP) is 1.86. The lowest BCUT2D eigenvalue weighted by molar-refractivity contribution is -0.139. The fourth-order valence-corrected chi connectivity index (χ4v) is 2.24. The highest BCUT2D eigenvalue weighted by Gasteiger charge is 2.10. The number of aliphatic carboxylic acids is 1. The largest absolute Gasteiger partial charge is 0.480 e. The summed E-state index contributed by atoms with van der Waals surface area (Å²) < 4.78 is 1.13. The Morgan fingerprint density at radius 1 is 1.56 bits per heavy atom. The highest BCUT2D eigenvalue weighted by atomic mass is 32.1. The van der Waals surface area contributed by atoms with Gasteiger partial charge in [-0.25, -0.2) is 4.98 Å². The van der Waals surface area contributed by atoms with Crippen molar-refractivity contribution in [2.24, 2.45) is 0 Å². The predicted molar refractivity (Wildman–Crippen MR) is 63.6 cm³/mol. The third-order valence-electron chi connectivity index (χ3n) is 2.27. The average Bonchev–Trinajstić information content (AvgIpc) is 2.68. The van der Waals surface area contributed by atoms with Crippen molar-refractivity contribution in [2.45, 2.75) is 19.5 Å². The molecule has 5 heteroatoms. The van der Waals surface area contributed by atoms with Crippen molar-refractivity contribution in [3.05, 3.63) is 29.3 Å². The molecule has 84 valence electrons. The molecule has 1 aromatic heterocycles. The van der Waals surface area contributed by atoms with E-state index in [0.717, 1.165) is 15.2 Å². The first kappa shape index (κ1) is 11.0. The number of carboxylic acids is 1. The standard InChI is InChI=1S/C11H12N2O2S/c1-7(11(14)15)12-6-10-13-8-4-2-3-5-9(8)16-10/h2-5,7,12H,6H2,1H3,(H,14,15). The number of nitrogens with zero attached hydrogens (tertiary/aromatic N) is 1. The summed E-state index contributed by atoms with van der Waals surface area (Å²) >= 11 is 1.58. The maximum Gasteiger partial charge on any atom is 0.320 e. The molecule has 0 bridgehead atoms.